The smallest absolute Gasteiger partial charge is 0.152 e. The molecule has 1 aromatic rings. The maximum atomic E-state index is 10.5. The molecule has 0 aliphatic carbocycles. The molecule has 0 fully saturated rings. The van der Waals surface area contributed by atoms with Crippen LogP contribution in [0.2, 0.25) is 0 Å². The first-order chi connectivity index (χ1) is 6.27. The van der Waals surface area contributed by atoms with Gasteiger partial charge in [-0.05, 0) is 24.6 Å². The number of hydrogen-bond acceptors (Lipinski definition) is 2. The van der Waals surface area contributed by atoms with Gasteiger partial charge in [-0.25, -0.2) is 0 Å². The van der Waals surface area contributed by atoms with Crippen LogP contribution in [0.15, 0.2) is 18.2 Å². The predicted octanol–water partition coefficient (Wildman–Crippen LogP) is 1.68. The average molecular weight is 169 g/mol. The summed E-state index contributed by atoms with van der Waals surface area (Å²) in [6, 6.07) is 6.94. The van der Waals surface area contributed by atoms with Crippen molar-refractivity contribution in [2.24, 2.45) is 0 Å². The number of hydrogen-bond donors (Lipinski definition) is 0. The third kappa shape index (κ3) is 2.18. The molecule has 1 rings (SSSR count). The molecular weight excluding hydrogens is 162 g/mol. The number of aldehydes is 1. The zero-order valence-corrected chi connectivity index (χ0v) is 7.16. The van der Waals surface area contributed by atoms with Gasteiger partial charge in [-0.1, -0.05) is 12.0 Å². The Morgan fingerprint density at radius 1 is 1.46 bits per heavy atom. The Balaban J connectivity index is 3.11. The number of benzene rings is 1. The van der Waals surface area contributed by atoms with E-state index in [1.54, 1.807) is 24.3 Å². The molecule has 0 aliphatic rings. The second-order valence-corrected chi connectivity index (χ2v) is 2.55. The van der Waals surface area contributed by atoms with Gasteiger partial charge in [0.2, 0.25) is 0 Å². The van der Waals surface area contributed by atoms with Crippen molar-refractivity contribution in [1.82, 2.24) is 0 Å². The summed E-state index contributed by atoms with van der Waals surface area (Å²) in [5, 5.41) is 8.22. The second kappa shape index (κ2) is 4.09. The SMILES string of the molecule is Cc1cc(C#CC#N)ccc1C=O. The van der Waals surface area contributed by atoms with Crippen LogP contribution in [0.1, 0.15) is 21.5 Å². The number of nitrogens with zero attached hydrogens (tertiary/aromatic N) is 1. The summed E-state index contributed by atoms with van der Waals surface area (Å²) < 4.78 is 0. The first-order valence-corrected chi connectivity index (χ1v) is 3.74. The van der Waals surface area contributed by atoms with E-state index >= 15 is 0 Å². The number of rotatable bonds is 1. The molecule has 0 N–H and O–H groups in total. The Hall–Kier alpha value is -2.06. The van der Waals surface area contributed by atoms with Crippen LogP contribution in [0.5, 0.6) is 0 Å². The molecule has 1 aromatic carbocycles. The molecule has 0 spiro atoms. The number of nitriles is 1. The van der Waals surface area contributed by atoms with E-state index in [-0.39, 0.29) is 0 Å². The van der Waals surface area contributed by atoms with Gasteiger partial charge in [-0.2, -0.15) is 5.26 Å². The van der Waals surface area contributed by atoms with Gasteiger partial charge in [0.25, 0.3) is 0 Å². The van der Waals surface area contributed by atoms with E-state index < -0.39 is 0 Å². The minimum absolute atomic E-state index is 0.655. The molecule has 0 aromatic heterocycles. The molecule has 0 bridgehead atoms. The largest absolute Gasteiger partial charge is 0.298 e. The van der Waals surface area contributed by atoms with Gasteiger partial charge >= 0.3 is 0 Å². The van der Waals surface area contributed by atoms with E-state index in [1.807, 2.05) is 6.92 Å². The topological polar surface area (TPSA) is 40.9 Å². The molecule has 0 unspecified atom stereocenters. The van der Waals surface area contributed by atoms with Gasteiger partial charge in [0, 0.05) is 17.0 Å². The fourth-order valence-electron chi connectivity index (χ4n) is 0.986. The van der Waals surface area contributed by atoms with Crippen molar-refractivity contribution in [3.63, 3.8) is 0 Å². The van der Waals surface area contributed by atoms with Crippen LogP contribution < -0.4 is 0 Å². The quantitative estimate of drug-likeness (QED) is 0.474. The van der Waals surface area contributed by atoms with E-state index in [0.717, 1.165) is 17.4 Å². The van der Waals surface area contributed by atoms with E-state index in [9.17, 15) is 4.79 Å². The van der Waals surface area contributed by atoms with E-state index in [2.05, 4.69) is 11.8 Å². The normalized spacial score (nSPS) is 8.00. The second-order valence-electron chi connectivity index (χ2n) is 2.55. The number of carbonyl (C=O) groups is 1. The Morgan fingerprint density at radius 3 is 2.77 bits per heavy atom. The molecule has 0 radical (unpaired) electrons. The first kappa shape index (κ1) is 9.03. The van der Waals surface area contributed by atoms with Crippen LogP contribution in [0.25, 0.3) is 0 Å². The van der Waals surface area contributed by atoms with E-state index in [1.165, 1.54) is 0 Å². The Morgan fingerprint density at radius 2 is 2.23 bits per heavy atom. The lowest BCUT2D eigenvalue weighted by atomic mass is 10.1. The standard InChI is InChI=1S/C11H7NO/c1-9-7-10(3-2-6-12)4-5-11(9)8-13/h4-5,7-8H,1H3. The summed E-state index contributed by atoms with van der Waals surface area (Å²) in [4.78, 5) is 10.5. The monoisotopic (exact) mass is 169 g/mol. The lowest BCUT2D eigenvalue weighted by Gasteiger charge is -1.97. The molecule has 62 valence electrons. The molecular formula is C11H7NO. The van der Waals surface area contributed by atoms with Gasteiger partial charge < -0.3 is 0 Å². The van der Waals surface area contributed by atoms with Crippen LogP contribution >= 0.6 is 0 Å². The van der Waals surface area contributed by atoms with Gasteiger partial charge in [-0.3, -0.25) is 4.79 Å². The van der Waals surface area contributed by atoms with Crippen molar-refractivity contribution in [3.8, 4) is 17.9 Å². The van der Waals surface area contributed by atoms with Crippen molar-refractivity contribution >= 4 is 6.29 Å². The summed E-state index contributed by atoms with van der Waals surface area (Å²) in [5.41, 5.74) is 2.28. The van der Waals surface area contributed by atoms with Gasteiger partial charge in [0.05, 0.1) is 0 Å². The number of aryl methyl sites for hydroxylation is 1. The minimum atomic E-state index is 0.655. The highest BCUT2D eigenvalue weighted by molar-refractivity contribution is 5.77. The maximum absolute atomic E-state index is 10.5. The van der Waals surface area contributed by atoms with Crippen LogP contribution in [0.3, 0.4) is 0 Å². The Bertz CT molecular complexity index is 430. The predicted molar refractivity (Wildman–Crippen MR) is 49.1 cm³/mol. The average Bonchev–Trinajstić information content (AvgIpc) is 2.15. The highest BCUT2D eigenvalue weighted by Crippen LogP contribution is 2.07. The fraction of sp³-hybridized carbons (Fsp3) is 0.0909. The molecule has 13 heavy (non-hydrogen) atoms. The molecule has 0 heterocycles. The molecule has 0 saturated heterocycles. The molecule has 0 amide bonds. The summed E-state index contributed by atoms with van der Waals surface area (Å²) >= 11 is 0. The molecule has 0 saturated carbocycles. The third-order valence-corrected chi connectivity index (χ3v) is 1.66. The van der Waals surface area contributed by atoms with Crippen molar-refractivity contribution in [2.75, 3.05) is 0 Å². The van der Waals surface area contributed by atoms with Crippen LogP contribution in [-0.4, -0.2) is 6.29 Å². The van der Waals surface area contributed by atoms with Gasteiger partial charge in [0.15, 0.2) is 6.07 Å². The van der Waals surface area contributed by atoms with Crippen molar-refractivity contribution < 1.29 is 4.79 Å². The highest BCUT2D eigenvalue weighted by atomic mass is 16.1. The maximum Gasteiger partial charge on any atom is 0.152 e. The summed E-state index contributed by atoms with van der Waals surface area (Å²) in [6.07, 6.45) is 0.802. The third-order valence-electron chi connectivity index (χ3n) is 1.66. The number of carbonyl (C=O) groups excluding carboxylic acids is 1. The van der Waals surface area contributed by atoms with Gasteiger partial charge in [-0.15, -0.1) is 0 Å². The fourth-order valence-corrected chi connectivity index (χ4v) is 0.986. The Labute approximate surface area is 76.8 Å². The molecule has 0 aliphatic heterocycles. The molecule has 2 nitrogen and oxygen atoms in total. The summed E-state index contributed by atoms with van der Waals surface area (Å²) in [7, 11) is 0. The van der Waals surface area contributed by atoms with Crippen LogP contribution in [0, 0.1) is 30.1 Å². The van der Waals surface area contributed by atoms with Crippen LogP contribution in [0.4, 0.5) is 0 Å². The Kier molecular flexibility index (Phi) is 2.84. The van der Waals surface area contributed by atoms with Crippen molar-refractivity contribution in [3.05, 3.63) is 34.9 Å². The molecule has 0 atom stereocenters. The zero-order valence-electron chi connectivity index (χ0n) is 7.16. The van der Waals surface area contributed by atoms with E-state index in [0.29, 0.717) is 5.56 Å². The molecule has 2 heteroatoms. The van der Waals surface area contributed by atoms with Gasteiger partial charge in [0.1, 0.15) is 6.29 Å². The lowest BCUT2D eigenvalue weighted by molar-refractivity contribution is 0.112. The zero-order chi connectivity index (χ0) is 9.68. The van der Waals surface area contributed by atoms with E-state index in [4.69, 9.17) is 5.26 Å². The highest BCUT2D eigenvalue weighted by Gasteiger charge is 1.95. The summed E-state index contributed by atoms with van der Waals surface area (Å²) in [5.74, 6) is 4.96. The minimum Gasteiger partial charge on any atom is -0.298 e. The van der Waals surface area contributed by atoms with Crippen molar-refractivity contribution in [2.45, 2.75) is 6.92 Å². The van der Waals surface area contributed by atoms with Crippen LogP contribution in [-0.2, 0) is 0 Å². The van der Waals surface area contributed by atoms with Crippen molar-refractivity contribution in [1.29, 1.82) is 5.26 Å². The summed E-state index contributed by atoms with van der Waals surface area (Å²) in [6.45, 7) is 1.83. The first-order valence-electron chi connectivity index (χ1n) is 3.74. The lowest BCUT2D eigenvalue weighted by Crippen LogP contribution is -1.86.